The second-order valence-corrected chi connectivity index (χ2v) is 8.95. The largest absolute Gasteiger partial charge is 0.456 e. The van der Waals surface area contributed by atoms with Crippen LogP contribution in [0.5, 0.6) is 0 Å². The van der Waals surface area contributed by atoms with Crippen LogP contribution in [0.4, 0.5) is 0 Å². The number of fused-ring (bicyclic) bond motifs is 5. The van der Waals surface area contributed by atoms with Gasteiger partial charge in [0.15, 0.2) is 0 Å². The normalized spacial score (nSPS) is 17.0. The maximum atomic E-state index is 9.41. The van der Waals surface area contributed by atoms with Crippen LogP contribution in [-0.2, 0) is 0 Å². The second-order valence-electron chi connectivity index (χ2n) is 8.95. The van der Waals surface area contributed by atoms with Gasteiger partial charge in [0.25, 0.3) is 0 Å². The Labute approximate surface area is 247 Å². The van der Waals surface area contributed by atoms with E-state index in [0.717, 1.165) is 11.1 Å². The lowest BCUT2D eigenvalue weighted by molar-refractivity contribution is 0.669. The zero-order chi connectivity index (χ0) is 38.8. The molecule has 0 fully saturated rings. The molecule has 0 saturated heterocycles. The lowest BCUT2D eigenvalue weighted by Crippen LogP contribution is -1.91. The van der Waals surface area contributed by atoms with E-state index in [2.05, 4.69) is 0 Å². The Hall–Kier alpha value is -5.14. The number of rotatable bonds is 3. The number of para-hydroxylation sites is 1. The van der Waals surface area contributed by atoms with Crippen LogP contribution in [0.3, 0.4) is 0 Å². The van der Waals surface area contributed by atoms with Gasteiger partial charge in [0.2, 0.25) is 0 Å². The van der Waals surface area contributed by atoms with Crippen molar-refractivity contribution in [2.75, 3.05) is 0 Å². The number of hydrogen-bond acceptors (Lipinski definition) is 1. The van der Waals surface area contributed by atoms with Crippen molar-refractivity contribution < 1.29 is 25.0 Å². The van der Waals surface area contributed by atoms with Crippen LogP contribution in [0.1, 0.15) is 20.6 Å². The third-order valence-electron chi connectivity index (χ3n) is 6.79. The smallest absolute Gasteiger partial charge is 0.136 e. The Morgan fingerprint density at radius 3 is 1.51 bits per heavy atom. The molecule has 0 amide bonds. The van der Waals surface area contributed by atoms with E-state index in [4.69, 9.17) is 16.8 Å². The summed E-state index contributed by atoms with van der Waals surface area (Å²) >= 11 is 0. The van der Waals surface area contributed by atoms with Crippen LogP contribution >= 0.6 is 0 Å². The molecule has 0 aliphatic rings. The predicted molar refractivity (Wildman–Crippen MR) is 165 cm³/mol. The highest BCUT2D eigenvalue weighted by Gasteiger charge is 2.17. The summed E-state index contributed by atoms with van der Waals surface area (Å²) in [5.74, 6) is 0. The minimum absolute atomic E-state index is 0.0694. The van der Waals surface area contributed by atoms with E-state index in [9.17, 15) is 8.22 Å². The molecule has 0 unspecified atom stereocenters. The predicted octanol–water partition coefficient (Wildman–Crippen LogP) is 10.9. The van der Waals surface area contributed by atoms with Gasteiger partial charge in [-0.25, -0.2) is 0 Å². The Balaban J connectivity index is 1.63. The molecule has 0 spiro atoms. The summed E-state index contributed by atoms with van der Waals surface area (Å²) in [6, 6.07) is 7.14. The molecule has 0 radical (unpaired) electrons. The van der Waals surface area contributed by atoms with Crippen molar-refractivity contribution in [2.24, 2.45) is 0 Å². The van der Waals surface area contributed by atoms with Crippen molar-refractivity contribution in [3.05, 3.63) is 145 Å². The Morgan fingerprint density at radius 1 is 0.385 bits per heavy atom. The van der Waals surface area contributed by atoms with E-state index in [-0.39, 0.29) is 49.0 Å². The molecule has 8 aromatic rings. The van der Waals surface area contributed by atoms with Crippen molar-refractivity contribution >= 4 is 43.5 Å². The molecule has 0 bridgehead atoms. The van der Waals surface area contributed by atoms with Gasteiger partial charge in [-0.15, -0.1) is 0 Å². The third kappa shape index (κ3) is 3.48. The van der Waals surface area contributed by atoms with Crippen molar-refractivity contribution in [3.8, 4) is 33.4 Å². The van der Waals surface area contributed by atoms with Crippen LogP contribution in [0.25, 0.3) is 76.9 Å². The molecule has 182 valence electrons. The summed E-state index contributed by atoms with van der Waals surface area (Å²) in [6.07, 6.45) is 0. The molecule has 7 aromatic carbocycles. The van der Waals surface area contributed by atoms with Crippen molar-refractivity contribution in [1.29, 1.82) is 0 Å². The van der Waals surface area contributed by atoms with E-state index in [1.54, 1.807) is 24.3 Å². The van der Waals surface area contributed by atoms with Gasteiger partial charge in [-0.3, -0.25) is 0 Å². The number of hydrogen-bond donors (Lipinski definition) is 0. The summed E-state index contributed by atoms with van der Waals surface area (Å²) in [4.78, 5) is 0. The van der Waals surface area contributed by atoms with Crippen LogP contribution in [0.15, 0.2) is 150 Å². The zero-order valence-electron chi connectivity index (χ0n) is 35.1. The molecule has 1 aromatic heterocycles. The summed E-state index contributed by atoms with van der Waals surface area (Å²) in [6.45, 7) is 0. The van der Waals surface area contributed by atoms with Gasteiger partial charge in [-0.05, 0) is 73.1 Å². The van der Waals surface area contributed by atoms with Gasteiger partial charge >= 0.3 is 0 Å². The van der Waals surface area contributed by atoms with E-state index in [1.807, 2.05) is 30.3 Å². The minimum Gasteiger partial charge on any atom is -0.456 e. The van der Waals surface area contributed by atoms with Crippen molar-refractivity contribution in [1.82, 2.24) is 0 Å². The van der Waals surface area contributed by atoms with Crippen LogP contribution < -0.4 is 0 Å². The van der Waals surface area contributed by atoms with Crippen LogP contribution in [0.2, 0.25) is 0 Å². The van der Waals surface area contributed by atoms with Crippen LogP contribution in [0, 0.1) is 0 Å². The minimum atomic E-state index is -0.690. The monoisotopic (exact) mass is 511 g/mol. The number of furan rings is 1. The molecular weight excluding hydrogens is 472 g/mol. The zero-order valence-corrected chi connectivity index (χ0v) is 20.1. The van der Waals surface area contributed by atoms with Gasteiger partial charge in [0, 0.05) is 10.8 Å². The fraction of sp³-hybridized carbons (Fsp3) is 0. The van der Waals surface area contributed by atoms with E-state index < -0.39 is 102 Å². The first-order valence-corrected chi connectivity index (χ1v) is 12.1. The van der Waals surface area contributed by atoms with Gasteiger partial charge in [-0.1, -0.05) is 127 Å². The molecule has 0 aliphatic heterocycles. The molecule has 0 aliphatic carbocycles. The Morgan fingerprint density at radius 2 is 0.872 bits per heavy atom. The first-order chi connectivity index (χ1) is 25.6. The number of benzene rings is 7. The molecule has 1 heteroatoms. The average Bonchev–Trinajstić information content (AvgIpc) is 3.59. The van der Waals surface area contributed by atoms with Gasteiger partial charge < -0.3 is 4.42 Å². The molecule has 0 atom stereocenters. The highest BCUT2D eigenvalue weighted by Crippen LogP contribution is 2.44. The Kier molecular flexibility index (Phi) is 2.62. The molecule has 1 nitrogen and oxygen atoms in total. The van der Waals surface area contributed by atoms with Crippen molar-refractivity contribution in [2.45, 2.75) is 0 Å². The summed E-state index contributed by atoms with van der Waals surface area (Å²) in [5.41, 5.74) is 0.602. The maximum absolute atomic E-state index is 9.41. The van der Waals surface area contributed by atoms with Gasteiger partial charge in [0.1, 0.15) is 11.2 Å². The first kappa shape index (κ1) is 11.7. The van der Waals surface area contributed by atoms with Crippen molar-refractivity contribution in [3.63, 3.8) is 0 Å². The highest BCUT2D eigenvalue weighted by atomic mass is 16.3. The van der Waals surface area contributed by atoms with Gasteiger partial charge in [-0.2, -0.15) is 0 Å². The SMILES string of the molecule is [2H]c1c([2H])c([2H])c2c(oc3c([2H])c(-c4c5c([2H])c([2H])c([2H])c([2H])c5c(-c5ccc(-c6ccccc6)cc5)c5c([2H])c([2H])c([2H])c([2H])c45)c([2H])c([2H])c32)c1[2H]. The maximum Gasteiger partial charge on any atom is 0.136 e. The molecular formula is C38H24O. The molecule has 8 rings (SSSR count). The summed E-state index contributed by atoms with van der Waals surface area (Å²) in [5, 5.41) is -1.28. The molecule has 0 saturated carbocycles. The lowest BCUT2D eigenvalue weighted by atomic mass is 9.85. The Bertz CT molecular complexity index is 2890. The lowest BCUT2D eigenvalue weighted by Gasteiger charge is -2.18. The highest BCUT2D eigenvalue weighted by molar-refractivity contribution is 6.22. The fourth-order valence-electron chi connectivity index (χ4n) is 5.05. The third-order valence-corrected chi connectivity index (χ3v) is 6.79. The van der Waals surface area contributed by atoms with Gasteiger partial charge in [0.05, 0.1) is 20.6 Å². The molecule has 0 N–H and O–H groups in total. The fourth-order valence-corrected chi connectivity index (χ4v) is 5.05. The van der Waals surface area contributed by atoms with E-state index in [1.165, 1.54) is 0 Å². The molecule has 39 heavy (non-hydrogen) atoms. The topological polar surface area (TPSA) is 13.1 Å². The first-order valence-electron chi connectivity index (χ1n) is 19.6. The summed E-state index contributed by atoms with van der Waals surface area (Å²) in [7, 11) is 0. The van der Waals surface area contributed by atoms with E-state index in [0.29, 0.717) is 5.56 Å². The van der Waals surface area contributed by atoms with Crippen LogP contribution in [-0.4, -0.2) is 0 Å². The quantitative estimate of drug-likeness (QED) is 0.215. The summed E-state index contributed by atoms with van der Waals surface area (Å²) < 4.78 is 138. The van der Waals surface area contributed by atoms with E-state index >= 15 is 0 Å². The standard InChI is InChI=1S/C38H24O/c1-2-10-25(11-3-1)26-18-20-27(21-19-26)37-31-13-4-6-15-33(31)38(34-16-7-5-14-32(34)37)28-22-23-30-29-12-8-9-17-35(29)39-36(30)24-28/h1-24H/i4D,5D,6D,7D,8D,9D,12D,13D,14D,15D,16D,17D,22D,23D,24D. The second kappa shape index (κ2) is 8.72. The molecule has 1 heterocycles. The average molecular weight is 512 g/mol.